The fourth-order valence-corrected chi connectivity index (χ4v) is 4.42. The number of hydrogen-bond acceptors (Lipinski definition) is 5. The van der Waals surface area contributed by atoms with Crippen LogP contribution in [0.3, 0.4) is 0 Å². The molecule has 2 aliphatic heterocycles. The lowest BCUT2D eigenvalue weighted by Crippen LogP contribution is -2.46. The van der Waals surface area contributed by atoms with E-state index in [-0.39, 0.29) is 6.04 Å². The molecule has 4 rings (SSSR count). The zero-order valence-electron chi connectivity index (χ0n) is 17.3. The lowest BCUT2D eigenvalue weighted by atomic mass is 9.96. The molecule has 0 bridgehead atoms. The van der Waals surface area contributed by atoms with Crippen molar-refractivity contribution in [1.29, 1.82) is 0 Å². The number of alkyl halides is 3. The molecule has 0 saturated carbocycles. The normalized spacial score (nSPS) is 19.4. The second kappa shape index (κ2) is 9.73. The Morgan fingerprint density at radius 3 is 2.13 bits per heavy atom. The minimum absolute atomic E-state index is 0.0413. The average molecular weight is 454 g/mol. The number of piperazine rings is 2. The fourth-order valence-electron chi connectivity index (χ4n) is 4.29. The summed E-state index contributed by atoms with van der Waals surface area (Å²) in [7, 11) is 0. The van der Waals surface area contributed by atoms with Crippen molar-refractivity contribution in [1.82, 2.24) is 20.5 Å². The van der Waals surface area contributed by atoms with Crippen LogP contribution in [0.2, 0.25) is 5.02 Å². The quantitative estimate of drug-likeness (QED) is 0.727. The highest BCUT2D eigenvalue weighted by Crippen LogP contribution is 2.34. The Balaban J connectivity index is 1.70. The van der Waals surface area contributed by atoms with Gasteiger partial charge in [0.25, 0.3) is 0 Å². The van der Waals surface area contributed by atoms with E-state index in [1.165, 1.54) is 0 Å². The van der Waals surface area contributed by atoms with Crippen molar-refractivity contribution in [3.63, 3.8) is 0 Å². The zero-order chi connectivity index (χ0) is 21.8. The first kappa shape index (κ1) is 22.3. The second-order valence-corrected chi connectivity index (χ2v) is 8.41. The van der Waals surface area contributed by atoms with Gasteiger partial charge >= 0.3 is 6.18 Å². The molecule has 0 amide bonds. The number of hydrogen-bond donors (Lipinski definition) is 2. The van der Waals surface area contributed by atoms with E-state index in [2.05, 4.69) is 20.5 Å². The fraction of sp³-hybridized carbons (Fsp3) is 0.500. The van der Waals surface area contributed by atoms with Gasteiger partial charge in [0.15, 0.2) is 0 Å². The SMILES string of the molecule is FC(F)(F)c1ccc(CC(c2ccc(Cl)cc2)N2CCNCC2)c(N2CCNCC2)n1. The standard InChI is InChI=1S/C22H27ClF3N5/c23-18-4-1-16(2-5-18)19(30-11-7-27-8-12-30)15-17-3-6-20(22(24,25)26)29-21(17)31-13-9-28-10-14-31/h1-6,19,27-28H,7-15H2. The maximum absolute atomic E-state index is 13.4. The summed E-state index contributed by atoms with van der Waals surface area (Å²) >= 11 is 6.10. The van der Waals surface area contributed by atoms with Crippen LogP contribution in [-0.4, -0.2) is 62.2 Å². The van der Waals surface area contributed by atoms with E-state index < -0.39 is 11.9 Å². The van der Waals surface area contributed by atoms with Gasteiger partial charge in [-0.1, -0.05) is 29.8 Å². The number of nitrogens with zero attached hydrogens (tertiary/aromatic N) is 3. The van der Waals surface area contributed by atoms with Crippen LogP contribution in [0.1, 0.15) is 22.9 Å². The van der Waals surface area contributed by atoms with Crippen LogP contribution in [-0.2, 0) is 12.6 Å². The molecular weight excluding hydrogens is 427 g/mol. The van der Waals surface area contributed by atoms with Gasteiger partial charge in [-0.05, 0) is 35.7 Å². The zero-order valence-corrected chi connectivity index (χ0v) is 18.0. The minimum Gasteiger partial charge on any atom is -0.354 e. The molecule has 3 heterocycles. The average Bonchev–Trinajstić information content (AvgIpc) is 2.79. The van der Waals surface area contributed by atoms with Crippen LogP contribution < -0.4 is 15.5 Å². The molecule has 1 aromatic heterocycles. The van der Waals surface area contributed by atoms with E-state index in [4.69, 9.17) is 11.6 Å². The van der Waals surface area contributed by atoms with Gasteiger partial charge < -0.3 is 15.5 Å². The smallest absolute Gasteiger partial charge is 0.354 e. The highest BCUT2D eigenvalue weighted by atomic mass is 35.5. The molecule has 168 valence electrons. The number of benzene rings is 1. The number of aromatic nitrogens is 1. The molecular formula is C22H27ClF3N5. The van der Waals surface area contributed by atoms with E-state index in [0.29, 0.717) is 30.4 Å². The Hall–Kier alpha value is -1.87. The Morgan fingerprint density at radius 1 is 0.903 bits per heavy atom. The second-order valence-electron chi connectivity index (χ2n) is 7.97. The van der Waals surface area contributed by atoms with Crippen molar-refractivity contribution in [2.75, 3.05) is 57.3 Å². The Kier molecular flexibility index (Phi) is 7.01. The molecule has 31 heavy (non-hydrogen) atoms. The molecule has 5 nitrogen and oxygen atoms in total. The molecule has 9 heteroatoms. The van der Waals surface area contributed by atoms with Crippen LogP contribution in [0.5, 0.6) is 0 Å². The first-order valence-electron chi connectivity index (χ1n) is 10.6. The molecule has 1 atom stereocenters. The van der Waals surface area contributed by atoms with Gasteiger partial charge in [-0.25, -0.2) is 4.98 Å². The molecule has 2 aliphatic rings. The Morgan fingerprint density at radius 2 is 1.52 bits per heavy atom. The number of pyridine rings is 1. The maximum Gasteiger partial charge on any atom is 0.433 e. The van der Waals surface area contributed by atoms with Gasteiger partial charge in [0.1, 0.15) is 11.5 Å². The molecule has 0 spiro atoms. The van der Waals surface area contributed by atoms with Crippen molar-refractivity contribution >= 4 is 17.4 Å². The molecule has 2 aromatic rings. The van der Waals surface area contributed by atoms with E-state index in [0.717, 1.165) is 56.5 Å². The summed E-state index contributed by atoms with van der Waals surface area (Å²) in [5.41, 5.74) is 1.11. The molecule has 0 aliphatic carbocycles. The van der Waals surface area contributed by atoms with E-state index >= 15 is 0 Å². The predicted molar refractivity (Wildman–Crippen MR) is 117 cm³/mol. The van der Waals surface area contributed by atoms with Crippen LogP contribution in [0, 0.1) is 0 Å². The highest BCUT2D eigenvalue weighted by Gasteiger charge is 2.34. The van der Waals surface area contributed by atoms with E-state index in [1.54, 1.807) is 6.07 Å². The lowest BCUT2D eigenvalue weighted by molar-refractivity contribution is -0.141. The molecule has 1 unspecified atom stereocenters. The topological polar surface area (TPSA) is 43.4 Å². The van der Waals surface area contributed by atoms with Crippen LogP contribution in [0.15, 0.2) is 36.4 Å². The van der Waals surface area contributed by atoms with Crippen molar-refractivity contribution in [3.05, 3.63) is 58.2 Å². The number of rotatable bonds is 5. The molecule has 1 aromatic carbocycles. The number of nitrogens with one attached hydrogen (secondary N) is 2. The number of anilines is 1. The highest BCUT2D eigenvalue weighted by molar-refractivity contribution is 6.30. The van der Waals surface area contributed by atoms with E-state index in [1.807, 2.05) is 29.2 Å². The first-order chi connectivity index (χ1) is 14.9. The molecule has 0 radical (unpaired) electrons. The van der Waals surface area contributed by atoms with Gasteiger partial charge in [0.2, 0.25) is 0 Å². The predicted octanol–water partition coefficient (Wildman–Crippen LogP) is 3.35. The van der Waals surface area contributed by atoms with Crippen molar-refractivity contribution in [2.45, 2.75) is 18.6 Å². The van der Waals surface area contributed by atoms with Crippen molar-refractivity contribution < 1.29 is 13.2 Å². The Labute approximate surface area is 185 Å². The largest absolute Gasteiger partial charge is 0.433 e. The summed E-state index contributed by atoms with van der Waals surface area (Å²) < 4.78 is 40.2. The molecule has 2 saturated heterocycles. The summed E-state index contributed by atoms with van der Waals surface area (Å²) in [5.74, 6) is 0.449. The van der Waals surface area contributed by atoms with Gasteiger partial charge in [-0.3, -0.25) is 4.90 Å². The summed E-state index contributed by atoms with van der Waals surface area (Å²) in [6.07, 6.45) is -3.87. The summed E-state index contributed by atoms with van der Waals surface area (Å²) in [6, 6.07) is 10.5. The summed E-state index contributed by atoms with van der Waals surface area (Å²) in [4.78, 5) is 8.45. The summed E-state index contributed by atoms with van der Waals surface area (Å²) in [6.45, 7) is 6.28. The third-order valence-corrected chi connectivity index (χ3v) is 6.18. The van der Waals surface area contributed by atoms with Gasteiger partial charge in [-0.2, -0.15) is 13.2 Å². The van der Waals surface area contributed by atoms with Crippen LogP contribution in [0.4, 0.5) is 19.0 Å². The van der Waals surface area contributed by atoms with Crippen molar-refractivity contribution in [2.24, 2.45) is 0 Å². The van der Waals surface area contributed by atoms with E-state index in [9.17, 15) is 13.2 Å². The third-order valence-electron chi connectivity index (χ3n) is 5.92. The van der Waals surface area contributed by atoms with Crippen LogP contribution in [0.25, 0.3) is 0 Å². The monoisotopic (exact) mass is 453 g/mol. The third kappa shape index (κ3) is 5.49. The van der Waals surface area contributed by atoms with Gasteiger partial charge in [0, 0.05) is 63.4 Å². The molecule has 2 fully saturated rings. The van der Waals surface area contributed by atoms with Crippen molar-refractivity contribution in [3.8, 4) is 0 Å². The molecule has 2 N–H and O–H groups in total. The van der Waals surface area contributed by atoms with Gasteiger partial charge in [0.05, 0.1) is 0 Å². The minimum atomic E-state index is -4.46. The first-order valence-corrected chi connectivity index (χ1v) is 11.0. The maximum atomic E-state index is 13.4. The van der Waals surface area contributed by atoms with Gasteiger partial charge in [-0.15, -0.1) is 0 Å². The van der Waals surface area contributed by atoms with Crippen LogP contribution >= 0.6 is 11.6 Å². The number of halogens is 4. The Bertz CT molecular complexity index is 862. The summed E-state index contributed by atoms with van der Waals surface area (Å²) in [5, 5.41) is 7.29. The lowest BCUT2D eigenvalue weighted by Gasteiger charge is -2.37.